The molecule has 15 heavy (non-hydrogen) atoms. The van der Waals surface area contributed by atoms with Gasteiger partial charge in [0.2, 0.25) is 5.91 Å². The molecule has 1 amide bonds. The van der Waals surface area contributed by atoms with Crippen LogP contribution in [0.5, 0.6) is 0 Å². The van der Waals surface area contributed by atoms with Crippen molar-refractivity contribution in [1.29, 1.82) is 0 Å². The van der Waals surface area contributed by atoms with Crippen LogP contribution in [-0.2, 0) is 4.79 Å². The van der Waals surface area contributed by atoms with E-state index in [1.54, 1.807) is 0 Å². The highest BCUT2D eigenvalue weighted by molar-refractivity contribution is 9.09. The van der Waals surface area contributed by atoms with Crippen molar-refractivity contribution < 1.29 is 4.79 Å². The summed E-state index contributed by atoms with van der Waals surface area (Å²) in [6.07, 6.45) is 3.94. The quantitative estimate of drug-likeness (QED) is 0.564. The summed E-state index contributed by atoms with van der Waals surface area (Å²) >= 11 is 3.38. The molecule has 0 saturated carbocycles. The van der Waals surface area contributed by atoms with E-state index in [9.17, 15) is 4.79 Å². The summed E-state index contributed by atoms with van der Waals surface area (Å²) in [5, 5.41) is 1.00. The Hall–Kier alpha value is -0.0900. The molecule has 0 aromatic rings. The molecule has 0 aromatic heterocycles. The van der Waals surface area contributed by atoms with Crippen molar-refractivity contribution in [3.8, 4) is 0 Å². The molecule has 1 rings (SSSR count). The number of amides is 1. The van der Waals surface area contributed by atoms with Crippen LogP contribution < -0.4 is 0 Å². The monoisotopic (exact) mass is 276 g/mol. The standard InChI is InChI=1S/C11H21BrN2O/c1-13(2)10-6-8-14(9-10)11(15)5-3-4-7-12/h10H,3-9H2,1-2H3. The largest absolute Gasteiger partial charge is 0.341 e. The number of carbonyl (C=O) groups excluding carboxylic acids is 1. The van der Waals surface area contributed by atoms with Crippen molar-refractivity contribution in [3.63, 3.8) is 0 Å². The van der Waals surface area contributed by atoms with E-state index in [2.05, 4.69) is 34.9 Å². The van der Waals surface area contributed by atoms with Crippen molar-refractivity contribution >= 4 is 21.8 Å². The van der Waals surface area contributed by atoms with Gasteiger partial charge in [0.25, 0.3) is 0 Å². The van der Waals surface area contributed by atoms with Gasteiger partial charge < -0.3 is 9.80 Å². The van der Waals surface area contributed by atoms with Crippen molar-refractivity contribution in [2.75, 3.05) is 32.5 Å². The molecule has 88 valence electrons. The van der Waals surface area contributed by atoms with Crippen LogP contribution in [0.25, 0.3) is 0 Å². The normalized spacial score (nSPS) is 21.3. The van der Waals surface area contributed by atoms with Gasteiger partial charge in [0, 0.05) is 30.9 Å². The highest BCUT2D eigenvalue weighted by atomic mass is 79.9. The maximum atomic E-state index is 11.8. The molecule has 1 heterocycles. The average Bonchev–Trinajstić information content (AvgIpc) is 2.66. The number of unbranched alkanes of at least 4 members (excludes halogenated alkanes) is 1. The fourth-order valence-corrected chi connectivity index (χ4v) is 2.32. The molecule has 0 aliphatic carbocycles. The van der Waals surface area contributed by atoms with Crippen LogP contribution >= 0.6 is 15.9 Å². The highest BCUT2D eigenvalue weighted by Gasteiger charge is 2.26. The van der Waals surface area contributed by atoms with E-state index >= 15 is 0 Å². The molecule has 0 radical (unpaired) electrons. The Morgan fingerprint density at radius 1 is 1.47 bits per heavy atom. The maximum Gasteiger partial charge on any atom is 0.222 e. The van der Waals surface area contributed by atoms with Crippen LogP contribution in [-0.4, -0.2) is 54.3 Å². The number of halogens is 1. The van der Waals surface area contributed by atoms with Gasteiger partial charge in [-0.2, -0.15) is 0 Å². The third-order valence-corrected chi connectivity index (χ3v) is 3.58. The van der Waals surface area contributed by atoms with E-state index in [-0.39, 0.29) is 0 Å². The van der Waals surface area contributed by atoms with Crippen molar-refractivity contribution in [1.82, 2.24) is 9.80 Å². The van der Waals surface area contributed by atoms with Crippen LogP contribution in [0.15, 0.2) is 0 Å². The summed E-state index contributed by atoms with van der Waals surface area (Å²) in [6, 6.07) is 0.560. The van der Waals surface area contributed by atoms with E-state index in [0.717, 1.165) is 37.7 Å². The van der Waals surface area contributed by atoms with Crippen molar-refractivity contribution in [2.45, 2.75) is 31.7 Å². The molecule has 0 aromatic carbocycles. The van der Waals surface area contributed by atoms with Crippen molar-refractivity contribution in [3.05, 3.63) is 0 Å². The van der Waals surface area contributed by atoms with E-state index in [1.165, 1.54) is 0 Å². The van der Waals surface area contributed by atoms with Gasteiger partial charge in [0.15, 0.2) is 0 Å². The van der Waals surface area contributed by atoms with Crippen LogP contribution in [0.1, 0.15) is 25.7 Å². The number of carbonyl (C=O) groups is 1. The summed E-state index contributed by atoms with van der Waals surface area (Å²) in [5.74, 6) is 0.334. The summed E-state index contributed by atoms with van der Waals surface area (Å²) in [6.45, 7) is 1.86. The van der Waals surface area contributed by atoms with Gasteiger partial charge in [0.1, 0.15) is 0 Å². The zero-order valence-corrected chi connectivity index (χ0v) is 11.3. The molecule has 0 spiro atoms. The second kappa shape index (κ2) is 6.48. The van der Waals surface area contributed by atoms with E-state index in [1.807, 2.05) is 4.90 Å². The Bertz CT molecular complexity index is 209. The van der Waals surface area contributed by atoms with Gasteiger partial charge in [-0.1, -0.05) is 15.9 Å². The number of alkyl halides is 1. The molecular weight excluding hydrogens is 256 g/mol. The lowest BCUT2D eigenvalue weighted by molar-refractivity contribution is -0.130. The molecule has 1 atom stereocenters. The van der Waals surface area contributed by atoms with Crippen LogP contribution in [0, 0.1) is 0 Å². The zero-order valence-electron chi connectivity index (χ0n) is 9.71. The van der Waals surface area contributed by atoms with Crippen LogP contribution in [0.2, 0.25) is 0 Å². The molecule has 3 nitrogen and oxygen atoms in total. The third kappa shape index (κ3) is 4.11. The first-order valence-electron chi connectivity index (χ1n) is 5.65. The summed E-state index contributed by atoms with van der Waals surface area (Å²) in [7, 11) is 4.17. The molecule has 4 heteroatoms. The number of likely N-dealkylation sites (N-methyl/N-ethyl adjacent to an activating group) is 1. The predicted molar refractivity (Wildman–Crippen MR) is 66.3 cm³/mol. The Morgan fingerprint density at radius 3 is 2.73 bits per heavy atom. The molecule has 0 bridgehead atoms. The number of likely N-dealkylation sites (tertiary alicyclic amines) is 1. The first-order valence-corrected chi connectivity index (χ1v) is 6.77. The molecule has 1 fully saturated rings. The Kier molecular flexibility index (Phi) is 5.61. The Labute approximate surface area is 101 Å². The Morgan fingerprint density at radius 2 is 2.20 bits per heavy atom. The fourth-order valence-electron chi connectivity index (χ4n) is 1.92. The SMILES string of the molecule is CN(C)C1CCN(C(=O)CCCCBr)C1. The van der Waals surface area contributed by atoms with Crippen molar-refractivity contribution in [2.24, 2.45) is 0 Å². The lowest BCUT2D eigenvalue weighted by Gasteiger charge is -2.20. The second-order valence-electron chi connectivity index (χ2n) is 4.39. The Balaban J connectivity index is 2.24. The maximum absolute atomic E-state index is 11.8. The summed E-state index contributed by atoms with van der Waals surface area (Å²) in [4.78, 5) is 16.0. The minimum atomic E-state index is 0.334. The van der Waals surface area contributed by atoms with Gasteiger partial charge in [-0.05, 0) is 33.4 Å². The molecule has 1 saturated heterocycles. The number of rotatable bonds is 5. The van der Waals surface area contributed by atoms with E-state index < -0.39 is 0 Å². The minimum Gasteiger partial charge on any atom is -0.341 e. The lowest BCUT2D eigenvalue weighted by Crippen LogP contribution is -2.34. The zero-order chi connectivity index (χ0) is 11.3. The van der Waals surface area contributed by atoms with Gasteiger partial charge in [-0.25, -0.2) is 0 Å². The van der Waals surface area contributed by atoms with Gasteiger partial charge in [-0.3, -0.25) is 4.79 Å². The minimum absolute atomic E-state index is 0.334. The summed E-state index contributed by atoms with van der Waals surface area (Å²) < 4.78 is 0. The van der Waals surface area contributed by atoms with Crippen LogP contribution in [0.3, 0.4) is 0 Å². The van der Waals surface area contributed by atoms with E-state index in [4.69, 9.17) is 0 Å². The van der Waals surface area contributed by atoms with Gasteiger partial charge >= 0.3 is 0 Å². The topological polar surface area (TPSA) is 23.6 Å². The van der Waals surface area contributed by atoms with Gasteiger partial charge in [-0.15, -0.1) is 0 Å². The number of hydrogen-bond donors (Lipinski definition) is 0. The molecule has 1 aliphatic rings. The number of nitrogens with zero attached hydrogens (tertiary/aromatic N) is 2. The first-order chi connectivity index (χ1) is 7.15. The molecule has 1 aliphatic heterocycles. The second-order valence-corrected chi connectivity index (χ2v) is 5.18. The van der Waals surface area contributed by atoms with Crippen LogP contribution in [0.4, 0.5) is 0 Å². The fraction of sp³-hybridized carbons (Fsp3) is 0.909. The molecule has 1 unspecified atom stereocenters. The molecular formula is C11H21BrN2O. The number of hydrogen-bond acceptors (Lipinski definition) is 2. The lowest BCUT2D eigenvalue weighted by atomic mass is 10.2. The van der Waals surface area contributed by atoms with E-state index in [0.29, 0.717) is 18.4 Å². The third-order valence-electron chi connectivity index (χ3n) is 3.02. The highest BCUT2D eigenvalue weighted by Crippen LogP contribution is 2.15. The first kappa shape index (κ1) is 13.0. The molecule has 0 N–H and O–H groups in total. The predicted octanol–water partition coefficient (Wildman–Crippen LogP) is 1.71. The van der Waals surface area contributed by atoms with Gasteiger partial charge in [0.05, 0.1) is 0 Å². The average molecular weight is 277 g/mol. The smallest absolute Gasteiger partial charge is 0.222 e. The summed E-state index contributed by atoms with van der Waals surface area (Å²) in [5.41, 5.74) is 0.